The largest absolute Gasteiger partial charge is 0.462 e. The van der Waals surface area contributed by atoms with Crippen LogP contribution in [0.5, 0.6) is 0 Å². The summed E-state index contributed by atoms with van der Waals surface area (Å²) < 4.78 is 28.6. The molecule has 22 heavy (non-hydrogen) atoms. The van der Waals surface area contributed by atoms with Crippen molar-refractivity contribution in [2.45, 2.75) is 43.2 Å². The van der Waals surface area contributed by atoms with E-state index in [0.717, 1.165) is 17.8 Å². The van der Waals surface area contributed by atoms with Gasteiger partial charge in [0.05, 0.1) is 12.2 Å². The molecule has 4 nitrogen and oxygen atoms in total. The summed E-state index contributed by atoms with van der Waals surface area (Å²) >= 11 is 1.13. The molecular weight excluding hydrogens is 320 g/mol. The molecule has 0 radical (unpaired) electrons. The summed E-state index contributed by atoms with van der Waals surface area (Å²) in [6.07, 6.45) is 8.85. The zero-order valence-electron chi connectivity index (χ0n) is 13.0. The molecule has 1 heterocycles. The van der Waals surface area contributed by atoms with Crippen LogP contribution in [0.25, 0.3) is 5.57 Å². The molecule has 1 saturated carbocycles. The number of allylic oxidation sites excluding steroid dienone is 1. The predicted octanol–water partition coefficient (Wildman–Crippen LogP) is 3.68. The first-order chi connectivity index (χ1) is 10.4. The van der Waals surface area contributed by atoms with Crippen molar-refractivity contribution in [3.8, 4) is 0 Å². The normalized spacial score (nSPS) is 16.9. The van der Waals surface area contributed by atoms with Crippen molar-refractivity contribution in [2.24, 2.45) is 5.92 Å². The zero-order chi connectivity index (χ0) is 16.2. The van der Waals surface area contributed by atoms with Crippen LogP contribution in [0.4, 0.5) is 0 Å². The molecule has 0 amide bonds. The number of hydrogen-bond acceptors (Lipinski definition) is 5. The van der Waals surface area contributed by atoms with Crippen LogP contribution in [0.15, 0.2) is 22.4 Å². The van der Waals surface area contributed by atoms with Gasteiger partial charge in [-0.3, -0.25) is 0 Å². The number of ether oxygens (including phenoxy) is 1. The van der Waals surface area contributed by atoms with Gasteiger partial charge in [0.1, 0.15) is 4.21 Å². The van der Waals surface area contributed by atoms with E-state index in [9.17, 15) is 13.2 Å². The van der Waals surface area contributed by atoms with Gasteiger partial charge >= 0.3 is 5.97 Å². The molecule has 1 aliphatic rings. The molecule has 1 aliphatic carbocycles. The molecule has 122 valence electrons. The highest BCUT2D eigenvalue weighted by Gasteiger charge is 2.20. The SMILES string of the molecule is CCOC(=O)/C(=C\CC1CCCC1)c1ccc(S(C)(=O)=O)s1. The molecule has 1 fully saturated rings. The topological polar surface area (TPSA) is 60.4 Å². The molecule has 2 rings (SSSR count). The summed E-state index contributed by atoms with van der Waals surface area (Å²) in [6.45, 7) is 2.08. The summed E-state index contributed by atoms with van der Waals surface area (Å²) in [5.74, 6) is 0.251. The number of thiophene rings is 1. The van der Waals surface area contributed by atoms with Gasteiger partial charge in [-0.1, -0.05) is 31.8 Å². The second kappa shape index (κ2) is 7.42. The summed E-state index contributed by atoms with van der Waals surface area (Å²) in [7, 11) is -3.24. The van der Waals surface area contributed by atoms with E-state index in [0.29, 0.717) is 23.0 Å². The monoisotopic (exact) mass is 342 g/mol. The van der Waals surface area contributed by atoms with Crippen molar-refractivity contribution >= 4 is 32.7 Å². The van der Waals surface area contributed by atoms with Crippen LogP contribution < -0.4 is 0 Å². The highest BCUT2D eigenvalue weighted by molar-refractivity contribution is 7.92. The van der Waals surface area contributed by atoms with Crippen LogP contribution in [0.1, 0.15) is 43.9 Å². The molecular formula is C16H22O4S2. The lowest BCUT2D eigenvalue weighted by molar-refractivity contribution is -0.136. The van der Waals surface area contributed by atoms with Crippen LogP contribution in [0, 0.1) is 5.92 Å². The fraction of sp³-hybridized carbons (Fsp3) is 0.562. The standard InChI is InChI=1S/C16H22O4S2/c1-3-20-16(17)13(9-8-12-6-4-5-7-12)14-10-11-15(21-14)22(2,18)19/h9-12H,3-8H2,1-2H3/b13-9-. The molecule has 0 aromatic carbocycles. The highest BCUT2D eigenvalue weighted by atomic mass is 32.2. The number of rotatable bonds is 6. The summed E-state index contributed by atoms with van der Waals surface area (Å²) in [5, 5.41) is 0. The van der Waals surface area contributed by atoms with Crippen molar-refractivity contribution in [3.05, 3.63) is 23.1 Å². The minimum Gasteiger partial charge on any atom is -0.462 e. The van der Waals surface area contributed by atoms with Gasteiger partial charge in [-0.25, -0.2) is 13.2 Å². The maximum Gasteiger partial charge on any atom is 0.339 e. The van der Waals surface area contributed by atoms with E-state index in [1.165, 1.54) is 31.9 Å². The van der Waals surface area contributed by atoms with E-state index in [4.69, 9.17) is 4.74 Å². The van der Waals surface area contributed by atoms with Gasteiger partial charge < -0.3 is 4.74 Å². The molecule has 0 aliphatic heterocycles. The third-order valence-corrected chi connectivity index (χ3v) is 6.78. The second-order valence-corrected chi connectivity index (χ2v) is 8.94. The highest BCUT2D eigenvalue weighted by Crippen LogP contribution is 2.32. The van der Waals surface area contributed by atoms with E-state index < -0.39 is 9.84 Å². The van der Waals surface area contributed by atoms with Gasteiger partial charge in [-0.15, -0.1) is 11.3 Å². The van der Waals surface area contributed by atoms with Crippen LogP contribution in [0.2, 0.25) is 0 Å². The predicted molar refractivity (Wildman–Crippen MR) is 88.6 cm³/mol. The van der Waals surface area contributed by atoms with Crippen molar-refractivity contribution in [2.75, 3.05) is 12.9 Å². The van der Waals surface area contributed by atoms with E-state index in [1.807, 2.05) is 6.08 Å². The first-order valence-electron chi connectivity index (χ1n) is 7.59. The lowest BCUT2D eigenvalue weighted by atomic mass is 10.0. The number of sulfone groups is 1. The van der Waals surface area contributed by atoms with Gasteiger partial charge in [0.15, 0.2) is 9.84 Å². The van der Waals surface area contributed by atoms with Crippen molar-refractivity contribution < 1.29 is 17.9 Å². The molecule has 6 heteroatoms. The molecule has 1 aromatic rings. The number of carbonyl (C=O) groups is 1. The van der Waals surface area contributed by atoms with E-state index in [1.54, 1.807) is 19.1 Å². The first-order valence-corrected chi connectivity index (χ1v) is 10.3. The molecule has 0 saturated heterocycles. The Labute approximate surface area is 136 Å². The Morgan fingerprint density at radius 1 is 1.36 bits per heavy atom. The van der Waals surface area contributed by atoms with E-state index in [2.05, 4.69) is 0 Å². The third-order valence-electron chi connectivity index (χ3n) is 3.84. The average molecular weight is 342 g/mol. The maximum absolute atomic E-state index is 12.2. The average Bonchev–Trinajstić information content (AvgIpc) is 3.09. The van der Waals surface area contributed by atoms with Crippen molar-refractivity contribution in [1.82, 2.24) is 0 Å². The van der Waals surface area contributed by atoms with Gasteiger partial charge in [-0.2, -0.15) is 0 Å². The fourth-order valence-corrected chi connectivity index (χ4v) is 4.64. The van der Waals surface area contributed by atoms with Crippen LogP contribution >= 0.6 is 11.3 Å². The Kier molecular flexibility index (Phi) is 5.81. The smallest absolute Gasteiger partial charge is 0.339 e. The van der Waals surface area contributed by atoms with Gasteiger partial charge in [0.25, 0.3) is 0 Å². The van der Waals surface area contributed by atoms with Crippen molar-refractivity contribution in [3.63, 3.8) is 0 Å². The van der Waals surface area contributed by atoms with Crippen LogP contribution in [-0.2, 0) is 19.4 Å². The molecule has 0 N–H and O–H groups in total. The Morgan fingerprint density at radius 2 is 2.05 bits per heavy atom. The number of carbonyl (C=O) groups excluding carboxylic acids is 1. The number of hydrogen-bond donors (Lipinski definition) is 0. The minimum absolute atomic E-state index is 0.276. The van der Waals surface area contributed by atoms with Gasteiger partial charge in [-0.05, 0) is 31.4 Å². The summed E-state index contributed by atoms with van der Waals surface area (Å²) in [5.41, 5.74) is 0.494. The molecule has 0 bridgehead atoms. The molecule has 0 atom stereocenters. The molecule has 1 aromatic heterocycles. The first kappa shape index (κ1) is 17.2. The zero-order valence-corrected chi connectivity index (χ0v) is 14.6. The summed E-state index contributed by atoms with van der Waals surface area (Å²) in [6, 6.07) is 3.25. The quantitative estimate of drug-likeness (QED) is 0.584. The Hall–Kier alpha value is -1.14. The number of esters is 1. The Balaban J connectivity index is 2.25. The van der Waals surface area contributed by atoms with Crippen LogP contribution in [0.3, 0.4) is 0 Å². The third kappa shape index (κ3) is 4.43. The Morgan fingerprint density at radius 3 is 2.59 bits per heavy atom. The van der Waals surface area contributed by atoms with E-state index >= 15 is 0 Å². The minimum atomic E-state index is -3.24. The van der Waals surface area contributed by atoms with E-state index in [-0.39, 0.29) is 10.2 Å². The Bertz CT molecular complexity index is 649. The maximum atomic E-state index is 12.2. The van der Waals surface area contributed by atoms with Crippen LogP contribution in [-0.4, -0.2) is 27.2 Å². The lowest BCUT2D eigenvalue weighted by Gasteiger charge is -2.08. The van der Waals surface area contributed by atoms with Gasteiger partial charge in [0.2, 0.25) is 0 Å². The lowest BCUT2D eigenvalue weighted by Crippen LogP contribution is -2.06. The van der Waals surface area contributed by atoms with Crippen molar-refractivity contribution in [1.29, 1.82) is 0 Å². The fourth-order valence-electron chi connectivity index (χ4n) is 2.69. The molecule has 0 unspecified atom stereocenters. The molecule has 0 spiro atoms. The summed E-state index contributed by atoms with van der Waals surface area (Å²) in [4.78, 5) is 12.8. The second-order valence-electron chi connectivity index (χ2n) is 5.62. The van der Waals surface area contributed by atoms with Gasteiger partial charge in [0, 0.05) is 11.1 Å².